The minimum atomic E-state index is -1.67. The lowest BCUT2D eigenvalue weighted by molar-refractivity contribution is -0.142. The van der Waals surface area contributed by atoms with Gasteiger partial charge in [0.2, 0.25) is 59.1 Å². The highest BCUT2D eigenvalue weighted by atomic mass is 32.1. The minimum absolute atomic E-state index is 0.0238. The summed E-state index contributed by atoms with van der Waals surface area (Å²) in [7, 11) is 0. The average molecular weight is 1080 g/mol. The van der Waals surface area contributed by atoms with Gasteiger partial charge < -0.3 is 65.1 Å². The molecular formula is C50H69N13O10S2. The molecule has 0 radical (unpaired) electrons. The molecule has 3 aromatic carbocycles. The van der Waals surface area contributed by atoms with Crippen molar-refractivity contribution in [3.8, 4) is 0 Å². The second-order valence-electron chi connectivity index (χ2n) is 18.3. The van der Waals surface area contributed by atoms with Crippen molar-refractivity contribution in [1.82, 2.24) is 42.1 Å². The van der Waals surface area contributed by atoms with Gasteiger partial charge in [-0.25, -0.2) is 0 Å². The molecule has 25 heteroatoms. The first-order valence-corrected chi connectivity index (χ1v) is 25.7. The highest BCUT2D eigenvalue weighted by Crippen LogP contribution is 2.22. The molecular weight excluding hydrogens is 1010 g/mol. The molecule has 0 bridgehead atoms. The van der Waals surface area contributed by atoms with E-state index >= 15 is 0 Å². The van der Waals surface area contributed by atoms with Crippen LogP contribution < -0.4 is 60.2 Å². The zero-order valence-electron chi connectivity index (χ0n) is 41.9. The van der Waals surface area contributed by atoms with Crippen molar-refractivity contribution in [2.45, 2.75) is 108 Å². The predicted molar refractivity (Wildman–Crippen MR) is 287 cm³/mol. The van der Waals surface area contributed by atoms with E-state index in [1.165, 1.54) is 4.90 Å². The van der Waals surface area contributed by atoms with E-state index in [0.29, 0.717) is 12.0 Å². The smallest absolute Gasteiger partial charge is 0.246 e. The number of hydrogen-bond donors (Lipinski definition) is 13. The third-order valence-electron chi connectivity index (χ3n) is 12.1. The highest BCUT2D eigenvalue weighted by molar-refractivity contribution is 7.80. The molecule has 1 aliphatic rings. The number of likely N-dealkylation sites (tertiary alicyclic amines) is 1. The van der Waals surface area contributed by atoms with Gasteiger partial charge in [-0.3, -0.25) is 52.9 Å². The Bertz CT molecular complexity index is 2540. The summed E-state index contributed by atoms with van der Waals surface area (Å²) >= 11 is 8.46. The number of amides is 10. The monoisotopic (exact) mass is 1080 g/mol. The van der Waals surface area contributed by atoms with E-state index in [1.54, 1.807) is 44.2 Å². The lowest BCUT2D eigenvalue weighted by atomic mass is 9.97. The quantitative estimate of drug-likeness (QED) is 0.0155. The van der Waals surface area contributed by atoms with Crippen LogP contribution in [-0.4, -0.2) is 143 Å². The summed E-state index contributed by atoms with van der Waals surface area (Å²) in [4.78, 5) is 139. The van der Waals surface area contributed by atoms with E-state index in [4.69, 9.17) is 22.9 Å². The van der Waals surface area contributed by atoms with Crippen molar-refractivity contribution in [2.75, 3.05) is 31.1 Å². The molecule has 1 aliphatic heterocycles. The first-order chi connectivity index (χ1) is 35.7. The molecule has 0 aromatic heterocycles. The van der Waals surface area contributed by atoms with Gasteiger partial charge in [0.25, 0.3) is 0 Å². The number of guanidine groups is 1. The number of rotatable bonds is 29. The van der Waals surface area contributed by atoms with Crippen LogP contribution in [0.3, 0.4) is 0 Å². The van der Waals surface area contributed by atoms with Crippen LogP contribution >= 0.6 is 25.3 Å². The molecule has 1 fully saturated rings. The standard InChI is InChI=1S/C50H69N13O10S2/c1-28(2)42(62-46(70)34(23-29-11-4-3-5-12-29)59-44(68)35(57-41(66)19-22-74)24-31-15-8-14-30-13-6-7-16-32(30)31)48(72)60-36(25-39(51)64)45(69)61-37(27-75)49(73)63-21-10-18-38(63)47(71)58-33(17-9-20-55-50(53)54)43(67)56-26-40(52)65/h3-8,11-16,28,33-38,42,74-75H,9-10,17-27H2,1-2H3,(H2,51,64)(H2,52,65)(H,56,67)(H,57,66)(H,58,71)(H,59,68)(H,60,72)(H,61,69)(H,62,70)(H4,53,54,55)/t33-,34-,35+,36-,37-,38-,42-/m0/s1. The summed E-state index contributed by atoms with van der Waals surface area (Å²) in [6, 6.07) is 12.9. The Morgan fingerprint density at radius 1 is 0.667 bits per heavy atom. The molecule has 15 N–H and O–H groups in total. The SMILES string of the molecule is CC(C)[C@H](NC(=O)[C@H](Cc1ccccc1)NC(=O)[C@@H](Cc1cccc2ccccc12)NC(=O)CCS)C(=O)N[C@@H](CC(N)=O)C(=O)N[C@@H](CS)C(=O)N1CCC[C@H]1C(=O)N[C@@H](CCCN=C(N)N)C(=O)NCC(N)=O. The Kier molecular flexibility index (Phi) is 24.1. The van der Waals surface area contributed by atoms with Crippen LogP contribution in [0.4, 0.5) is 0 Å². The van der Waals surface area contributed by atoms with Crippen LogP contribution in [0.5, 0.6) is 0 Å². The maximum atomic E-state index is 14.4. The molecule has 0 spiro atoms. The Balaban J connectivity index is 1.51. The number of primary amides is 2. The van der Waals surface area contributed by atoms with Crippen molar-refractivity contribution >= 4 is 101 Å². The van der Waals surface area contributed by atoms with Gasteiger partial charge in [-0.15, -0.1) is 0 Å². The molecule has 7 atom stereocenters. The number of benzene rings is 3. The molecule has 0 aliphatic carbocycles. The van der Waals surface area contributed by atoms with Gasteiger partial charge in [0.1, 0.15) is 42.3 Å². The van der Waals surface area contributed by atoms with Crippen LogP contribution in [0.15, 0.2) is 77.8 Å². The molecule has 0 saturated carbocycles. The summed E-state index contributed by atoms with van der Waals surface area (Å²) < 4.78 is 0. The normalized spacial score (nSPS) is 15.4. The summed E-state index contributed by atoms with van der Waals surface area (Å²) in [5.41, 5.74) is 22.9. The molecule has 10 amide bonds. The topological polar surface area (TPSA) is 375 Å². The van der Waals surface area contributed by atoms with Crippen LogP contribution in [0.1, 0.15) is 63.5 Å². The summed E-state index contributed by atoms with van der Waals surface area (Å²) in [6.45, 7) is 2.96. The van der Waals surface area contributed by atoms with E-state index in [0.717, 1.165) is 16.3 Å². The number of hydrogen-bond acceptors (Lipinski definition) is 13. The summed E-state index contributed by atoms with van der Waals surface area (Å²) in [5, 5.41) is 20.1. The van der Waals surface area contributed by atoms with E-state index in [2.05, 4.69) is 67.5 Å². The largest absolute Gasteiger partial charge is 0.370 e. The van der Waals surface area contributed by atoms with Gasteiger partial charge >= 0.3 is 0 Å². The fraction of sp³-hybridized carbons (Fsp3) is 0.460. The van der Waals surface area contributed by atoms with Crippen molar-refractivity contribution in [3.63, 3.8) is 0 Å². The maximum Gasteiger partial charge on any atom is 0.246 e. The number of nitrogens with zero attached hydrogens (tertiary/aromatic N) is 2. The number of fused-ring (bicyclic) bond motifs is 1. The van der Waals surface area contributed by atoms with Gasteiger partial charge in [-0.05, 0) is 59.3 Å². The Morgan fingerprint density at radius 3 is 1.95 bits per heavy atom. The number of carbonyl (C=O) groups is 10. The zero-order valence-corrected chi connectivity index (χ0v) is 43.7. The van der Waals surface area contributed by atoms with Crippen LogP contribution in [-0.2, 0) is 60.8 Å². The van der Waals surface area contributed by atoms with Crippen LogP contribution in [0.2, 0.25) is 0 Å². The second kappa shape index (κ2) is 30.1. The van der Waals surface area contributed by atoms with Gasteiger partial charge in [0, 0.05) is 38.1 Å². The zero-order chi connectivity index (χ0) is 55.2. The third-order valence-corrected chi connectivity index (χ3v) is 12.7. The Morgan fingerprint density at radius 2 is 1.29 bits per heavy atom. The number of carbonyl (C=O) groups excluding carboxylic acids is 10. The van der Waals surface area contributed by atoms with Gasteiger partial charge in [0.15, 0.2) is 5.96 Å². The highest BCUT2D eigenvalue weighted by Gasteiger charge is 2.40. The number of aliphatic imine (C=N–C) groups is 1. The van der Waals surface area contributed by atoms with E-state index < -0.39 is 120 Å². The first-order valence-electron chi connectivity index (χ1n) is 24.5. The molecule has 4 rings (SSSR count). The van der Waals surface area contributed by atoms with Gasteiger partial charge in [0.05, 0.1) is 13.0 Å². The van der Waals surface area contributed by atoms with Gasteiger partial charge in [-0.1, -0.05) is 86.6 Å². The van der Waals surface area contributed by atoms with Crippen LogP contribution in [0.25, 0.3) is 10.8 Å². The Labute approximate surface area is 445 Å². The minimum Gasteiger partial charge on any atom is -0.370 e. The van der Waals surface area contributed by atoms with Crippen LogP contribution in [0, 0.1) is 5.92 Å². The van der Waals surface area contributed by atoms with E-state index in [-0.39, 0.29) is 69.1 Å². The fourth-order valence-electron chi connectivity index (χ4n) is 8.36. The lowest BCUT2D eigenvalue weighted by Crippen LogP contribution is -2.61. The van der Waals surface area contributed by atoms with Crippen molar-refractivity contribution in [2.24, 2.45) is 33.8 Å². The first kappa shape index (κ1) is 60.1. The molecule has 1 saturated heterocycles. The summed E-state index contributed by atoms with van der Waals surface area (Å²) in [5.74, 6) is -8.66. The third kappa shape index (κ3) is 19.1. The average Bonchev–Trinajstić information content (AvgIpc) is 3.87. The maximum absolute atomic E-state index is 14.4. The number of nitrogens with two attached hydrogens (primary N) is 4. The molecule has 75 heavy (non-hydrogen) atoms. The van der Waals surface area contributed by atoms with E-state index in [9.17, 15) is 47.9 Å². The van der Waals surface area contributed by atoms with Crippen molar-refractivity contribution in [1.29, 1.82) is 0 Å². The Hall–Kier alpha value is -7.41. The van der Waals surface area contributed by atoms with E-state index in [1.807, 2.05) is 42.5 Å². The second-order valence-corrected chi connectivity index (χ2v) is 19.1. The molecule has 3 aromatic rings. The fourth-order valence-corrected chi connectivity index (χ4v) is 8.81. The number of thiol groups is 2. The summed E-state index contributed by atoms with van der Waals surface area (Å²) in [6.07, 6.45) is 0.193. The molecule has 1 heterocycles. The lowest BCUT2D eigenvalue weighted by Gasteiger charge is -2.30. The molecule has 406 valence electrons. The van der Waals surface area contributed by atoms with Crippen molar-refractivity contribution < 1.29 is 47.9 Å². The molecule has 0 unspecified atom stereocenters. The van der Waals surface area contributed by atoms with Crippen molar-refractivity contribution in [3.05, 3.63) is 83.9 Å². The molecule has 23 nitrogen and oxygen atoms in total. The predicted octanol–water partition coefficient (Wildman–Crippen LogP) is -2.04. The number of nitrogens with one attached hydrogen (secondary N) is 7. The van der Waals surface area contributed by atoms with Gasteiger partial charge in [-0.2, -0.15) is 25.3 Å².